The lowest BCUT2D eigenvalue weighted by Gasteiger charge is -2.09. The molecular formula is C22H20BrN3O3. The van der Waals surface area contributed by atoms with Gasteiger partial charge < -0.3 is 9.64 Å². The van der Waals surface area contributed by atoms with Crippen LogP contribution in [-0.4, -0.2) is 47.3 Å². The molecular weight excluding hydrogens is 434 g/mol. The summed E-state index contributed by atoms with van der Waals surface area (Å²) in [6.07, 6.45) is 4.80. The largest absolute Gasteiger partial charge is 0.452 e. The van der Waals surface area contributed by atoms with Crippen LogP contribution in [0.2, 0.25) is 0 Å². The maximum Gasteiger partial charge on any atom is 0.331 e. The number of hydrogen-bond acceptors (Lipinski definition) is 4. The van der Waals surface area contributed by atoms with Crippen LogP contribution in [0.5, 0.6) is 0 Å². The van der Waals surface area contributed by atoms with E-state index in [1.54, 1.807) is 24.9 Å². The molecule has 0 unspecified atom stereocenters. The quantitative estimate of drug-likeness (QED) is 0.418. The number of hydrogen-bond donors (Lipinski definition) is 0. The first-order valence-corrected chi connectivity index (χ1v) is 9.69. The van der Waals surface area contributed by atoms with E-state index >= 15 is 0 Å². The molecule has 1 amide bonds. The lowest BCUT2D eigenvalue weighted by atomic mass is 10.1. The number of halogens is 1. The Hall–Kier alpha value is -3.19. The Balaban J connectivity index is 1.88. The van der Waals surface area contributed by atoms with Gasteiger partial charge in [0, 0.05) is 42.0 Å². The molecule has 6 nitrogen and oxygen atoms in total. The van der Waals surface area contributed by atoms with Gasteiger partial charge in [-0.1, -0.05) is 46.3 Å². The molecule has 2 aromatic carbocycles. The van der Waals surface area contributed by atoms with E-state index in [2.05, 4.69) is 15.9 Å². The monoisotopic (exact) mass is 453 g/mol. The lowest BCUT2D eigenvalue weighted by Crippen LogP contribution is -2.27. The summed E-state index contributed by atoms with van der Waals surface area (Å²) in [6.45, 7) is -0.293. The summed E-state index contributed by atoms with van der Waals surface area (Å²) >= 11 is 3.44. The van der Waals surface area contributed by atoms with Crippen molar-refractivity contribution in [1.29, 1.82) is 0 Å². The highest BCUT2D eigenvalue weighted by Gasteiger charge is 2.12. The van der Waals surface area contributed by atoms with Crippen LogP contribution in [0.15, 0.2) is 71.3 Å². The van der Waals surface area contributed by atoms with E-state index in [0.29, 0.717) is 0 Å². The molecule has 0 atom stereocenters. The summed E-state index contributed by atoms with van der Waals surface area (Å²) in [5.74, 6) is -0.867. The number of esters is 1. The zero-order valence-corrected chi connectivity index (χ0v) is 17.7. The summed E-state index contributed by atoms with van der Waals surface area (Å²) in [6, 6.07) is 17.5. The lowest BCUT2D eigenvalue weighted by molar-refractivity contribution is -0.146. The van der Waals surface area contributed by atoms with Crippen LogP contribution < -0.4 is 0 Å². The third kappa shape index (κ3) is 5.42. The van der Waals surface area contributed by atoms with E-state index in [0.717, 1.165) is 27.0 Å². The molecule has 0 aliphatic carbocycles. The highest BCUT2D eigenvalue weighted by atomic mass is 79.9. The molecule has 0 N–H and O–H groups in total. The van der Waals surface area contributed by atoms with Crippen LogP contribution >= 0.6 is 15.9 Å². The Morgan fingerprint density at radius 2 is 1.79 bits per heavy atom. The first-order chi connectivity index (χ1) is 13.9. The van der Waals surface area contributed by atoms with Crippen LogP contribution in [0, 0.1) is 0 Å². The summed E-state index contributed by atoms with van der Waals surface area (Å²) in [4.78, 5) is 24.9. The number of nitrogens with zero attached hydrogens (tertiary/aromatic N) is 3. The van der Waals surface area contributed by atoms with Gasteiger partial charge in [0.05, 0.1) is 11.4 Å². The summed E-state index contributed by atoms with van der Waals surface area (Å²) < 4.78 is 7.72. The van der Waals surface area contributed by atoms with E-state index in [1.165, 1.54) is 11.0 Å². The van der Waals surface area contributed by atoms with Crippen LogP contribution in [0.4, 0.5) is 0 Å². The summed E-state index contributed by atoms with van der Waals surface area (Å²) in [5.41, 5.74) is 3.31. The Labute approximate surface area is 177 Å². The Morgan fingerprint density at radius 3 is 2.45 bits per heavy atom. The zero-order chi connectivity index (χ0) is 20.8. The van der Waals surface area contributed by atoms with Gasteiger partial charge in [0.2, 0.25) is 0 Å². The van der Waals surface area contributed by atoms with Crippen molar-refractivity contribution in [2.75, 3.05) is 20.7 Å². The van der Waals surface area contributed by atoms with Crippen LogP contribution in [-0.2, 0) is 14.3 Å². The normalized spacial score (nSPS) is 10.9. The first kappa shape index (κ1) is 20.5. The van der Waals surface area contributed by atoms with Gasteiger partial charge in [-0.25, -0.2) is 9.48 Å². The molecule has 0 saturated heterocycles. The van der Waals surface area contributed by atoms with Crippen molar-refractivity contribution >= 4 is 33.9 Å². The molecule has 7 heteroatoms. The number of rotatable bonds is 6. The number of benzene rings is 2. The second-order valence-electron chi connectivity index (χ2n) is 6.45. The summed E-state index contributed by atoms with van der Waals surface area (Å²) in [7, 11) is 3.21. The van der Waals surface area contributed by atoms with Gasteiger partial charge in [0.1, 0.15) is 0 Å². The van der Waals surface area contributed by atoms with Crippen LogP contribution in [0.1, 0.15) is 5.56 Å². The van der Waals surface area contributed by atoms with Gasteiger partial charge in [-0.2, -0.15) is 5.10 Å². The standard InChI is InChI=1S/C22H20BrN3O3/c1-25(2)20(27)15-29-21(28)13-10-17-14-26(19-6-4-3-5-7-19)24-22(17)16-8-11-18(23)12-9-16/h3-14H,15H2,1-2H3/b13-10+. The number of aromatic nitrogens is 2. The Bertz CT molecular complexity index is 1030. The maximum absolute atomic E-state index is 12.0. The number of carbonyl (C=O) groups excluding carboxylic acids is 2. The van der Waals surface area contributed by atoms with Crippen molar-refractivity contribution in [2.45, 2.75) is 0 Å². The van der Waals surface area contributed by atoms with E-state index in [4.69, 9.17) is 9.84 Å². The van der Waals surface area contributed by atoms with Gasteiger partial charge in [0.25, 0.3) is 5.91 Å². The molecule has 0 aliphatic heterocycles. The minimum absolute atomic E-state index is 0.279. The molecule has 0 fully saturated rings. The number of carbonyl (C=O) groups is 2. The number of ether oxygens (including phenoxy) is 1. The van der Waals surface area contributed by atoms with Gasteiger partial charge in [-0.15, -0.1) is 0 Å². The van der Waals surface area contributed by atoms with Gasteiger partial charge in [-0.05, 0) is 30.3 Å². The minimum Gasteiger partial charge on any atom is -0.452 e. The summed E-state index contributed by atoms with van der Waals surface area (Å²) in [5, 5.41) is 4.69. The molecule has 0 bridgehead atoms. The molecule has 1 heterocycles. The van der Waals surface area contributed by atoms with Crippen LogP contribution in [0.25, 0.3) is 23.0 Å². The topological polar surface area (TPSA) is 64.4 Å². The fraction of sp³-hybridized carbons (Fsp3) is 0.136. The molecule has 0 spiro atoms. The third-order valence-electron chi connectivity index (χ3n) is 4.12. The fourth-order valence-corrected chi connectivity index (χ4v) is 2.79. The van der Waals surface area contributed by atoms with Crippen molar-refractivity contribution in [1.82, 2.24) is 14.7 Å². The van der Waals surface area contributed by atoms with Gasteiger partial charge in [-0.3, -0.25) is 4.79 Å². The molecule has 0 radical (unpaired) electrons. The molecule has 0 aliphatic rings. The second kappa shape index (κ2) is 9.34. The van der Waals surface area contributed by atoms with Gasteiger partial charge >= 0.3 is 5.97 Å². The molecule has 1 aromatic heterocycles. The molecule has 3 aromatic rings. The maximum atomic E-state index is 12.0. The third-order valence-corrected chi connectivity index (χ3v) is 4.65. The number of para-hydroxylation sites is 1. The molecule has 0 saturated carbocycles. The van der Waals surface area contributed by atoms with Crippen molar-refractivity contribution in [2.24, 2.45) is 0 Å². The predicted molar refractivity (Wildman–Crippen MR) is 115 cm³/mol. The number of amides is 1. The van der Waals surface area contributed by atoms with E-state index in [1.807, 2.05) is 60.8 Å². The number of likely N-dealkylation sites (N-methyl/N-ethyl adjacent to an activating group) is 1. The highest BCUT2D eigenvalue weighted by molar-refractivity contribution is 9.10. The van der Waals surface area contributed by atoms with Crippen molar-refractivity contribution < 1.29 is 14.3 Å². The fourth-order valence-electron chi connectivity index (χ4n) is 2.52. The highest BCUT2D eigenvalue weighted by Crippen LogP contribution is 2.26. The van der Waals surface area contributed by atoms with E-state index in [-0.39, 0.29) is 12.5 Å². The van der Waals surface area contributed by atoms with Crippen molar-refractivity contribution in [3.05, 3.63) is 76.9 Å². The molecule has 148 valence electrons. The zero-order valence-electron chi connectivity index (χ0n) is 16.1. The average Bonchev–Trinajstić information content (AvgIpc) is 3.16. The molecule has 3 rings (SSSR count). The minimum atomic E-state index is -0.589. The predicted octanol–water partition coefficient (Wildman–Crippen LogP) is 3.95. The van der Waals surface area contributed by atoms with E-state index in [9.17, 15) is 9.59 Å². The molecule has 29 heavy (non-hydrogen) atoms. The smallest absolute Gasteiger partial charge is 0.331 e. The van der Waals surface area contributed by atoms with Crippen molar-refractivity contribution in [3.8, 4) is 16.9 Å². The van der Waals surface area contributed by atoms with E-state index < -0.39 is 5.97 Å². The Kier molecular flexibility index (Phi) is 6.61. The second-order valence-corrected chi connectivity index (χ2v) is 7.36. The van der Waals surface area contributed by atoms with Crippen LogP contribution in [0.3, 0.4) is 0 Å². The first-order valence-electron chi connectivity index (χ1n) is 8.90. The van der Waals surface area contributed by atoms with Gasteiger partial charge in [0.15, 0.2) is 6.61 Å². The SMILES string of the molecule is CN(C)C(=O)COC(=O)/C=C/c1cn(-c2ccccc2)nc1-c1ccc(Br)cc1. The Morgan fingerprint density at radius 1 is 1.10 bits per heavy atom. The average molecular weight is 454 g/mol. The van der Waals surface area contributed by atoms with Crippen molar-refractivity contribution in [3.63, 3.8) is 0 Å².